The number of benzene rings is 1. The van der Waals surface area contributed by atoms with Crippen LogP contribution >= 0.6 is 0 Å². The molecule has 19 heavy (non-hydrogen) atoms. The first kappa shape index (κ1) is 13.7. The fourth-order valence-electron chi connectivity index (χ4n) is 2.42. The Balaban J connectivity index is 2.48. The Hall–Kier alpha value is -1.68. The van der Waals surface area contributed by atoms with Crippen LogP contribution in [-0.4, -0.2) is 22.0 Å². The molecule has 1 aromatic carbocycles. The van der Waals surface area contributed by atoms with Gasteiger partial charge in [0.25, 0.3) is 0 Å². The minimum absolute atomic E-state index is 0.272. The van der Waals surface area contributed by atoms with Crippen molar-refractivity contribution in [1.29, 1.82) is 0 Å². The van der Waals surface area contributed by atoms with Crippen LogP contribution in [-0.2, 0) is 6.42 Å². The highest BCUT2D eigenvalue weighted by Gasteiger charge is 2.18. The minimum Gasteiger partial charge on any atom is -0.312 e. The van der Waals surface area contributed by atoms with E-state index in [4.69, 9.17) is 0 Å². The van der Waals surface area contributed by atoms with Gasteiger partial charge in [-0.2, -0.15) is 0 Å². The Morgan fingerprint density at radius 1 is 1.32 bits per heavy atom. The SMILES string of the molecule is CCc1c(C(CC)NC)nnn1-c1cccc(C)c1. The van der Waals surface area contributed by atoms with Gasteiger partial charge in [-0.05, 0) is 44.5 Å². The van der Waals surface area contributed by atoms with Gasteiger partial charge >= 0.3 is 0 Å². The monoisotopic (exact) mass is 258 g/mol. The van der Waals surface area contributed by atoms with Gasteiger partial charge < -0.3 is 5.32 Å². The second-order valence-electron chi connectivity index (χ2n) is 4.78. The maximum atomic E-state index is 4.39. The predicted octanol–water partition coefficient (Wildman–Crippen LogP) is 2.81. The molecule has 1 unspecified atom stereocenters. The van der Waals surface area contributed by atoms with Crippen molar-refractivity contribution in [3.05, 3.63) is 41.2 Å². The Morgan fingerprint density at radius 3 is 2.68 bits per heavy atom. The second kappa shape index (κ2) is 5.97. The van der Waals surface area contributed by atoms with Crippen LogP contribution in [0.4, 0.5) is 0 Å². The van der Waals surface area contributed by atoms with Crippen molar-refractivity contribution in [2.24, 2.45) is 0 Å². The number of nitrogens with zero attached hydrogens (tertiary/aromatic N) is 3. The van der Waals surface area contributed by atoms with E-state index >= 15 is 0 Å². The molecule has 102 valence electrons. The lowest BCUT2D eigenvalue weighted by Gasteiger charge is -2.13. The van der Waals surface area contributed by atoms with Gasteiger partial charge in [0, 0.05) is 0 Å². The molecule has 0 bridgehead atoms. The standard InChI is InChI=1S/C15H22N4/c1-5-13(16-4)15-14(6-2)19(18-17-15)12-9-7-8-11(3)10-12/h7-10,13,16H,5-6H2,1-4H3. The molecule has 0 saturated heterocycles. The van der Waals surface area contributed by atoms with Gasteiger partial charge in [-0.1, -0.05) is 31.2 Å². The highest BCUT2D eigenvalue weighted by Crippen LogP contribution is 2.21. The molecule has 1 N–H and O–H groups in total. The molecule has 0 fully saturated rings. The molecule has 0 aliphatic heterocycles. The van der Waals surface area contributed by atoms with E-state index < -0.39 is 0 Å². The lowest BCUT2D eigenvalue weighted by molar-refractivity contribution is 0.555. The van der Waals surface area contributed by atoms with Crippen molar-refractivity contribution in [2.75, 3.05) is 7.05 Å². The summed E-state index contributed by atoms with van der Waals surface area (Å²) in [5.41, 5.74) is 4.57. The smallest absolute Gasteiger partial charge is 0.103 e. The van der Waals surface area contributed by atoms with E-state index in [9.17, 15) is 0 Å². The Kier molecular flexibility index (Phi) is 4.32. The van der Waals surface area contributed by atoms with E-state index in [1.54, 1.807) is 0 Å². The molecular formula is C15H22N4. The van der Waals surface area contributed by atoms with E-state index in [2.05, 4.69) is 60.7 Å². The zero-order valence-electron chi connectivity index (χ0n) is 12.1. The van der Waals surface area contributed by atoms with Crippen LogP contribution in [0.5, 0.6) is 0 Å². The van der Waals surface area contributed by atoms with Crippen molar-refractivity contribution >= 4 is 0 Å². The van der Waals surface area contributed by atoms with Crippen LogP contribution in [0.1, 0.15) is 43.3 Å². The maximum absolute atomic E-state index is 4.39. The molecule has 4 heteroatoms. The molecule has 2 aromatic rings. The van der Waals surface area contributed by atoms with E-state index in [1.807, 2.05) is 11.7 Å². The third-order valence-electron chi connectivity index (χ3n) is 3.46. The normalized spacial score (nSPS) is 12.6. The largest absolute Gasteiger partial charge is 0.312 e. The van der Waals surface area contributed by atoms with E-state index in [1.165, 1.54) is 11.3 Å². The summed E-state index contributed by atoms with van der Waals surface area (Å²) in [4.78, 5) is 0. The Labute approximate surface area is 114 Å². The molecule has 4 nitrogen and oxygen atoms in total. The van der Waals surface area contributed by atoms with Gasteiger partial charge in [0.2, 0.25) is 0 Å². The summed E-state index contributed by atoms with van der Waals surface area (Å²) < 4.78 is 1.96. The molecular weight excluding hydrogens is 236 g/mol. The van der Waals surface area contributed by atoms with Crippen LogP contribution < -0.4 is 5.32 Å². The summed E-state index contributed by atoms with van der Waals surface area (Å²) >= 11 is 0. The molecule has 0 saturated carbocycles. The third-order valence-corrected chi connectivity index (χ3v) is 3.46. The fraction of sp³-hybridized carbons (Fsp3) is 0.467. The number of hydrogen-bond donors (Lipinski definition) is 1. The summed E-state index contributed by atoms with van der Waals surface area (Å²) in [6, 6.07) is 8.63. The maximum Gasteiger partial charge on any atom is 0.103 e. The van der Waals surface area contributed by atoms with Gasteiger partial charge in [0.15, 0.2) is 0 Å². The quantitative estimate of drug-likeness (QED) is 0.896. The first-order valence-electron chi connectivity index (χ1n) is 6.90. The summed E-state index contributed by atoms with van der Waals surface area (Å²) in [5, 5.41) is 12.0. The summed E-state index contributed by atoms with van der Waals surface area (Å²) in [5.74, 6) is 0. The third kappa shape index (κ3) is 2.68. The van der Waals surface area contributed by atoms with Crippen LogP contribution in [0.3, 0.4) is 0 Å². The van der Waals surface area contributed by atoms with Crippen molar-refractivity contribution in [3.63, 3.8) is 0 Å². The van der Waals surface area contributed by atoms with Crippen molar-refractivity contribution in [1.82, 2.24) is 20.3 Å². The molecule has 1 aromatic heterocycles. The minimum atomic E-state index is 0.272. The van der Waals surface area contributed by atoms with Crippen molar-refractivity contribution < 1.29 is 0 Å². The molecule has 2 rings (SSSR count). The van der Waals surface area contributed by atoms with Crippen LogP contribution in [0.15, 0.2) is 24.3 Å². The Morgan fingerprint density at radius 2 is 2.11 bits per heavy atom. The van der Waals surface area contributed by atoms with Crippen molar-refractivity contribution in [2.45, 2.75) is 39.7 Å². The number of hydrogen-bond acceptors (Lipinski definition) is 3. The van der Waals surface area contributed by atoms with Gasteiger partial charge in [0.1, 0.15) is 5.69 Å². The molecule has 1 heterocycles. The van der Waals surface area contributed by atoms with Gasteiger partial charge in [0.05, 0.1) is 17.4 Å². The first-order valence-corrected chi connectivity index (χ1v) is 6.90. The Bertz CT molecular complexity index is 541. The molecule has 1 atom stereocenters. The van der Waals surface area contributed by atoms with Gasteiger partial charge in [-0.3, -0.25) is 0 Å². The average Bonchev–Trinajstić information content (AvgIpc) is 2.84. The predicted molar refractivity (Wildman–Crippen MR) is 77.6 cm³/mol. The zero-order chi connectivity index (χ0) is 13.8. The summed E-state index contributed by atoms with van der Waals surface area (Å²) in [6.07, 6.45) is 1.93. The van der Waals surface area contributed by atoms with Crippen LogP contribution in [0.25, 0.3) is 5.69 Å². The number of rotatable bonds is 5. The molecule has 0 aliphatic carbocycles. The topological polar surface area (TPSA) is 42.7 Å². The number of aromatic nitrogens is 3. The first-order chi connectivity index (χ1) is 9.21. The fourth-order valence-corrected chi connectivity index (χ4v) is 2.42. The zero-order valence-corrected chi connectivity index (χ0v) is 12.1. The second-order valence-corrected chi connectivity index (χ2v) is 4.78. The lowest BCUT2D eigenvalue weighted by atomic mass is 10.1. The number of nitrogens with one attached hydrogen (secondary N) is 1. The highest BCUT2D eigenvalue weighted by molar-refractivity contribution is 5.37. The van der Waals surface area contributed by atoms with Crippen LogP contribution in [0.2, 0.25) is 0 Å². The molecule has 0 aliphatic rings. The average molecular weight is 258 g/mol. The molecule has 0 spiro atoms. The van der Waals surface area contributed by atoms with E-state index in [-0.39, 0.29) is 6.04 Å². The lowest BCUT2D eigenvalue weighted by Crippen LogP contribution is -2.17. The molecule has 0 radical (unpaired) electrons. The van der Waals surface area contributed by atoms with Crippen LogP contribution in [0, 0.1) is 6.92 Å². The highest BCUT2D eigenvalue weighted by atomic mass is 15.4. The number of aryl methyl sites for hydroxylation is 1. The van der Waals surface area contributed by atoms with Gasteiger partial charge in [-0.15, -0.1) is 5.10 Å². The van der Waals surface area contributed by atoms with E-state index in [0.29, 0.717) is 0 Å². The van der Waals surface area contributed by atoms with E-state index in [0.717, 1.165) is 24.2 Å². The summed E-state index contributed by atoms with van der Waals surface area (Å²) in [7, 11) is 1.97. The van der Waals surface area contributed by atoms with Gasteiger partial charge in [-0.25, -0.2) is 4.68 Å². The summed E-state index contributed by atoms with van der Waals surface area (Å²) in [6.45, 7) is 6.40. The van der Waals surface area contributed by atoms with Crippen molar-refractivity contribution in [3.8, 4) is 5.69 Å². The molecule has 0 amide bonds.